The van der Waals surface area contributed by atoms with Gasteiger partial charge in [-0.25, -0.2) is 4.39 Å². The van der Waals surface area contributed by atoms with Gasteiger partial charge in [-0.1, -0.05) is 12.1 Å². The first-order valence-corrected chi connectivity index (χ1v) is 3.72. The molecule has 60 valence electrons. The zero-order valence-corrected chi connectivity index (χ0v) is 7.05. The maximum atomic E-state index is 12.9. The second-order valence-corrected chi connectivity index (χ2v) is 2.87. The highest BCUT2D eigenvalue weighted by Crippen LogP contribution is 2.21. The minimum absolute atomic E-state index is 0.126. The molecule has 0 unspecified atom stereocenters. The van der Waals surface area contributed by atoms with Crippen LogP contribution in [0.15, 0.2) is 22.7 Å². The largest absolute Gasteiger partial charge is 0.364 e. The third-order valence-electron chi connectivity index (χ3n) is 1.26. The number of benzene rings is 1. The van der Waals surface area contributed by atoms with Crippen LogP contribution in [0.1, 0.15) is 11.9 Å². The molecule has 0 amide bonds. The molecule has 0 saturated carbocycles. The number of hydrogen-bond acceptors (Lipinski definition) is 2. The van der Waals surface area contributed by atoms with Gasteiger partial charge in [0.1, 0.15) is 5.82 Å². The van der Waals surface area contributed by atoms with E-state index >= 15 is 0 Å². The standard InChI is InChI=1S/C7H6BrFO2/c8-5-3-1-2-4(6(5)9)7(10)11/h1-3,7,10-11H. The lowest BCUT2D eigenvalue weighted by molar-refractivity contribution is -0.0450. The monoisotopic (exact) mass is 220 g/mol. The predicted octanol–water partition coefficient (Wildman–Crippen LogP) is 1.57. The number of hydrogen-bond donors (Lipinski definition) is 2. The third kappa shape index (κ3) is 1.77. The van der Waals surface area contributed by atoms with Gasteiger partial charge in [0.05, 0.1) is 4.47 Å². The smallest absolute Gasteiger partial charge is 0.181 e. The molecule has 2 N–H and O–H groups in total. The number of halogens is 2. The molecule has 0 aromatic heterocycles. The summed E-state index contributed by atoms with van der Waals surface area (Å²) in [7, 11) is 0. The van der Waals surface area contributed by atoms with E-state index in [2.05, 4.69) is 15.9 Å². The lowest BCUT2D eigenvalue weighted by Gasteiger charge is -2.05. The summed E-state index contributed by atoms with van der Waals surface area (Å²) in [4.78, 5) is 0. The first-order chi connectivity index (χ1) is 5.13. The molecule has 0 aliphatic rings. The van der Waals surface area contributed by atoms with E-state index in [1.165, 1.54) is 18.2 Å². The fraction of sp³-hybridized carbons (Fsp3) is 0.143. The van der Waals surface area contributed by atoms with Gasteiger partial charge < -0.3 is 10.2 Å². The maximum absolute atomic E-state index is 12.9. The minimum atomic E-state index is -1.76. The molecule has 1 rings (SSSR count). The molecule has 1 aromatic rings. The molecule has 0 radical (unpaired) electrons. The molecular formula is C7H6BrFO2. The lowest BCUT2D eigenvalue weighted by atomic mass is 10.2. The Kier molecular flexibility index (Phi) is 2.59. The fourth-order valence-electron chi connectivity index (χ4n) is 0.720. The van der Waals surface area contributed by atoms with Crippen molar-refractivity contribution in [2.24, 2.45) is 0 Å². The number of aliphatic hydroxyl groups is 2. The highest BCUT2D eigenvalue weighted by molar-refractivity contribution is 9.10. The molecule has 0 bridgehead atoms. The minimum Gasteiger partial charge on any atom is -0.364 e. The quantitative estimate of drug-likeness (QED) is 0.706. The highest BCUT2D eigenvalue weighted by atomic mass is 79.9. The number of rotatable bonds is 1. The van der Waals surface area contributed by atoms with E-state index in [1.807, 2.05) is 0 Å². The molecule has 0 aliphatic carbocycles. The van der Waals surface area contributed by atoms with Crippen molar-refractivity contribution in [3.63, 3.8) is 0 Å². The Morgan fingerprint density at radius 1 is 1.36 bits per heavy atom. The second kappa shape index (κ2) is 3.30. The molecule has 0 heterocycles. The summed E-state index contributed by atoms with van der Waals surface area (Å²) in [5.74, 6) is -0.637. The fourth-order valence-corrected chi connectivity index (χ4v) is 1.10. The van der Waals surface area contributed by atoms with E-state index in [0.29, 0.717) is 0 Å². The topological polar surface area (TPSA) is 40.5 Å². The molecule has 0 saturated heterocycles. The summed E-state index contributed by atoms with van der Waals surface area (Å²) in [6.07, 6.45) is -1.76. The maximum Gasteiger partial charge on any atom is 0.181 e. The van der Waals surface area contributed by atoms with Gasteiger partial charge in [-0.2, -0.15) is 0 Å². The van der Waals surface area contributed by atoms with Crippen molar-refractivity contribution >= 4 is 15.9 Å². The van der Waals surface area contributed by atoms with Crippen LogP contribution < -0.4 is 0 Å². The van der Waals surface area contributed by atoms with Crippen molar-refractivity contribution in [3.05, 3.63) is 34.1 Å². The van der Waals surface area contributed by atoms with E-state index in [1.54, 1.807) is 0 Å². The van der Waals surface area contributed by atoms with Crippen LogP contribution in [0.25, 0.3) is 0 Å². The summed E-state index contributed by atoms with van der Waals surface area (Å²) < 4.78 is 13.1. The zero-order valence-electron chi connectivity index (χ0n) is 5.46. The van der Waals surface area contributed by atoms with E-state index < -0.39 is 12.1 Å². The predicted molar refractivity (Wildman–Crippen MR) is 41.3 cm³/mol. The van der Waals surface area contributed by atoms with E-state index in [9.17, 15) is 4.39 Å². The Balaban J connectivity index is 3.17. The van der Waals surface area contributed by atoms with E-state index in [4.69, 9.17) is 10.2 Å². The molecule has 1 aromatic carbocycles. The molecular weight excluding hydrogens is 215 g/mol. The Hall–Kier alpha value is -0.450. The lowest BCUT2D eigenvalue weighted by Crippen LogP contribution is -1.98. The van der Waals surface area contributed by atoms with Crippen LogP contribution in [0.3, 0.4) is 0 Å². The van der Waals surface area contributed by atoms with E-state index in [0.717, 1.165) is 0 Å². The second-order valence-electron chi connectivity index (χ2n) is 2.02. The molecule has 0 fully saturated rings. The van der Waals surface area contributed by atoms with Crippen molar-refractivity contribution in [2.45, 2.75) is 6.29 Å². The molecule has 0 aliphatic heterocycles. The van der Waals surface area contributed by atoms with Crippen molar-refractivity contribution in [1.29, 1.82) is 0 Å². The summed E-state index contributed by atoms with van der Waals surface area (Å²) in [5, 5.41) is 17.2. The molecule has 0 spiro atoms. The van der Waals surface area contributed by atoms with Gasteiger partial charge in [-0.3, -0.25) is 0 Å². The van der Waals surface area contributed by atoms with Crippen molar-refractivity contribution in [3.8, 4) is 0 Å². The van der Waals surface area contributed by atoms with Gasteiger partial charge in [0.2, 0.25) is 0 Å². The van der Waals surface area contributed by atoms with Gasteiger partial charge >= 0.3 is 0 Å². The SMILES string of the molecule is OC(O)c1cccc(Br)c1F. The summed E-state index contributed by atoms with van der Waals surface area (Å²) in [6, 6.07) is 4.33. The van der Waals surface area contributed by atoms with Gasteiger partial charge in [0, 0.05) is 5.56 Å². The van der Waals surface area contributed by atoms with Gasteiger partial charge in [-0.15, -0.1) is 0 Å². The summed E-state index contributed by atoms with van der Waals surface area (Å²) >= 11 is 2.92. The zero-order chi connectivity index (χ0) is 8.43. The molecule has 2 nitrogen and oxygen atoms in total. The van der Waals surface area contributed by atoms with Crippen LogP contribution in [-0.4, -0.2) is 10.2 Å². The van der Waals surface area contributed by atoms with Crippen molar-refractivity contribution < 1.29 is 14.6 Å². The average molecular weight is 221 g/mol. The van der Waals surface area contributed by atoms with Crippen molar-refractivity contribution in [1.82, 2.24) is 0 Å². The molecule has 0 atom stereocenters. The summed E-state index contributed by atoms with van der Waals surface area (Å²) in [5.41, 5.74) is -0.126. The third-order valence-corrected chi connectivity index (χ3v) is 1.87. The Morgan fingerprint density at radius 3 is 2.45 bits per heavy atom. The molecule has 4 heteroatoms. The first kappa shape index (κ1) is 8.64. The normalized spacial score (nSPS) is 10.6. The first-order valence-electron chi connectivity index (χ1n) is 2.93. The van der Waals surface area contributed by atoms with Crippen LogP contribution in [0.2, 0.25) is 0 Å². The van der Waals surface area contributed by atoms with Crippen LogP contribution >= 0.6 is 15.9 Å². The van der Waals surface area contributed by atoms with Crippen LogP contribution in [-0.2, 0) is 0 Å². The van der Waals surface area contributed by atoms with E-state index in [-0.39, 0.29) is 10.0 Å². The van der Waals surface area contributed by atoms with Crippen LogP contribution in [0, 0.1) is 5.82 Å². The average Bonchev–Trinajstić information content (AvgIpc) is 1.94. The van der Waals surface area contributed by atoms with Crippen LogP contribution in [0.5, 0.6) is 0 Å². The van der Waals surface area contributed by atoms with Crippen molar-refractivity contribution in [2.75, 3.05) is 0 Å². The number of aliphatic hydroxyl groups excluding tert-OH is 1. The van der Waals surface area contributed by atoms with Gasteiger partial charge in [0.15, 0.2) is 6.29 Å². The highest BCUT2D eigenvalue weighted by Gasteiger charge is 2.10. The van der Waals surface area contributed by atoms with Gasteiger partial charge in [0.25, 0.3) is 0 Å². The molecule has 11 heavy (non-hydrogen) atoms. The Morgan fingerprint density at radius 2 is 2.00 bits per heavy atom. The van der Waals surface area contributed by atoms with Crippen LogP contribution in [0.4, 0.5) is 4.39 Å². The Bertz CT molecular complexity index is 263. The summed E-state index contributed by atoms with van der Waals surface area (Å²) in [6.45, 7) is 0. The van der Waals surface area contributed by atoms with Gasteiger partial charge in [-0.05, 0) is 22.0 Å². The Labute approximate surface area is 71.4 Å².